The zero-order valence-corrected chi connectivity index (χ0v) is 28.5. The molecule has 45 heavy (non-hydrogen) atoms. The average Bonchev–Trinajstić information content (AvgIpc) is 3.59. The van der Waals surface area contributed by atoms with Crippen LogP contribution < -0.4 is 5.32 Å². The fraction of sp³-hybridized carbons (Fsp3) is 0.861. The Bertz CT molecular complexity index is 1340. The standard InChI is InChI=1S/C36H55N3O6/c1-21-38-39-30(44-21)25(40)20-37-36-15-8-9-24(36)22-10-11-27-34(6,23(22)12-18-36)16-13-26-33(4,5)28(14-17-35(26,27)7)45-29(41)19-32(2,3)31(42)43/h22-24,26-28,37H,8-20H2,1-7H3,(H,42,43). The number of hydrogen-bond donors (Lipinski definition) is 2. The number of aryl methyl sites for hydroxylation is 1. The number of aliphatic carboxylic acids is 1. The molecule has 0 aromatic carbocycles. The van der Waals surface area contributed by atoms with E-state index in [1.165, 1.54) is 38.5 Å². The number of Topliss-reactive ketones (excluding diaryl/α,β-unsaturated/α-hetero) is 1. The van der Waals surface area contributed by atoms with Crippen molar-refractivity contribution in [3.05, 3.63) is 11.8 Å². The Balaban J connectivity index is 1.16. The highest BCUT2D eigenvalue weighted by Crippen LogP contribution is 2.72. The molecule has 1 heterocycles. The molecule has 6 rings (SSSR count). The molecular weight excluding hydrogens is 570 g/mol. The molecule has 5 saturated carbocycles. The summed E-state index contributed by atoms with van der Waals surface area (Å²) in [5.74, 6) is 2.10. The largest absolute Gasteiger partial charge is 0.481 e. The smallest absolute Gasteiger partial charge is 0.309 e. The number of carbonyl (C=O) groups is 3. The topological polar surface area (TPSA) is 132 Å². The lowest BCUT2D eigenvalue weighted by Gasteiger charge is -2.69. The van der Waals surface area contributed by atoms with Crippen LogP contribution in [-0.2, 0) is 14.3 Å². The molecule has 250 valence electrons. The van der Waals surface area contributed by atoms with Gasteiger partial charge >= 0.3 is 11.9 Å². The Labute approximate surface area is 268 Å². The molecule has 0 spiro atoms. The van der Waals surface area contributed by atoms with Crippen LogP contribution in [0.2, 0.25) is 0 Å². The number of aromatic nitrogens is 2. The minimum Gasteiger partial charge on any atom is -0.481 e. The molecule has 5 aliphatic carbocycles. The number of ether oxygens (including phenoxy) is 1. The first-order chi connectivity index (χ1) is 21.0. The number of carboxylic acids is 1. The lowest BCUT2D eigenvalue weighted by molar-refractivity contribution is -0.220. The molecule has 1 aromatic heterocycles. The summed E-state index contributed by atoms with van der Waals surface area (Å²) in [6, 6.07) is 0. The summed E-state index contributed by atoms with van der Waals surface area (Å²) in [7, 11) is 0. The Hall–Kier alpha value is -2.29. The highest BCUT2D eigenvalue weighted by Gasteiger charge is 2.66. The van der Waals surface area contributed by atoms with Gasteiger partial charge in [0.2, 0.25) is 11.7 Å². The van der Waals surface area contributed by atoms with Crippen molar-refractivity contribution in [3.8, 4) is 0 Å². The van der Waals surface area contributed by atoms with E-state index >= 15 is 0 Å². The van der Waals surface area contributed by atoms with Crippen molar-refractivity contribution in [3.63, 3.8) is 0 Å². The van der Waals surface area contributed by atoms with Gasteiger partial charge in [0.25, 0.3) is 5.89 Å². The van der Waals surface area contributed by atoms with Crippen LogP contribution in [0.25, 0.3) is 0 Å². The Kier molecular flexibility index (Phi) is 8.09. The second-order valence-corrected chi connectivity index (χ2v) is 17.3. The second kappa shape index (κ2) is 11.2. The van der Waals surface area contributed by atoms with E-state index in [-0.39, 0.29) is 52.5 Å². The number of esters is 1. The third-order valence-electron chi connectivity index (χ3n) is 14.3. The molecule has 9 nitrogen and oxygen atoms in total. The Morgan fingerprint density at radius 3 is 2.33 bits per heavy atom. The van der Waals surface area contributed by atoms with E-state index in [0.29, 0.717) is 35.5 Å². The van der Waals surface area contributed by atoms with Gasteiger partial charge in [0, 0.05) is 17.9 Å². The monoisotopic (exact) mass is 625 g/mol. The molecule has 0 bridgehead atoms. The van der Waals surface area contributed by atoms with Gasteiger partial charge in [0.05, 0.1) is 18.4 Å². The minimum atomic E-state index is -1.13. The molecule has 9 atom stereocenters. The van der Waals surface area contributed by atoms with E-state index in [4.69, 9.17) is 9.15 Å². The number of hydrogen-bond acceptors (Lipinski definition) is 8. The van der Waals surface area contributed by atoms with Gasteiger partial charge in [-0.1, -0.05) is 34.1 Å². The van der Waals surface area contributed by atoms with Crippen LogP contribution in [0.4, 0.5) is 0 Å². The molecule has 9 unspecified atom stereocenters. The van der Waals surface area contributed by atoms with E-state index in [0.717, 1.165) is 32.1 Å². The molecule has 0 aliphatic heterocycles. The van der Waals surface area contributed by atoms with Crippen molar-refractivity contribution < 1.29 is 28.6 Å². The van der Waals surface area contributed by atoms with Crippen LogP contribution in [0.1, 0.15) is 135 Å². The molecule has 1 aromatic rings. The number of carboxylic acid groups (broad SMARTS) is 1. The molecule has 0 radical (unpaired) electrons. The summed E-state index contributed by atoms with van der Waals surface area (Å²) in [5, 5.41) is 21.1. The summed E-state index contributed by atoms with van der Waals surface area (Å²) < 4.78 is 11.5. The van der Waals surface area contributed by atoms with Gasteiger partial charge in [0.15, 0.2) is 0 Å². The van der Waals surface area contributed by atoms with Gasteiger partial charge in [-0.15, -0.1) is 10.2 Å². The summed E-state index contributed by atoms with van der Waals surface area (Å²) >= 11 is 0. The first-order valence-electron chi connectivity index (χ1n) is 17.5. The quantitative estimate of drug-likeness (QED) is 0.237. The number of nitrogens with one attached hydrogen (secondary N) is 1. The summed E-state index contributed by atoms with van der Waals surface area (Å²) in [5.41, 5.74) is -0.818. The van der Waals surface area contributed by atoms with Crippen LogP contribution in [0.3, 0.4) is 0 Å². The van der Waals surface area contributed by atoms with Crippen molar-refractivity contribution in [2.75, 3.05) is 6.54 Å². The molecule has 5 fully saturated rings. The van der Waals surface area contributed by atoms with Crippen molar-refractivity contribution >= 4 is 17.7 Å². The third kappa shape index (κ3) is 5.27. The fourth-order valence-corrected chi connectivity index (χ4v) is 12.1. The van der Waals surface area contributed by atoms with Gasteiger partial charge < -0.3 is 19.6 Å². The van der Waals surface area contributed by atoms with Crippen LogP contribution in [0.5, 0.6) is 0 Å². The van der Waals surface area contributed by atoms with Gasteiger partial charge in [-0.25, -0.2) is 0 Å². The van der Waals surface area contributed by atoms with E-state index in [9.17, 15) is 19.5 Å². The van der Waals surface area contributed by atoms with Crippen molar-refractivity contribution in [1.82, 2.24) is 15.5 Å². The van der Waals surface area contributed by atoms with Gasteiger partial charge in [0.1, 0.15) is 6.10 Å². The maximum absolute atomic E-state index is 12.9. The Morgan fingerprint density at radius 2 is 1.64 bits per heavy atom. The minimum absolute atomic E-state index is 0.0231. The third-order valence-corrected chi connectivity index (χ3v) is 14.3. The predicted molar refractivity (Wildman–Crippen MR) is 168 cm³/mol. The van der Waals surface area contributed by atoms with Gasteiger partial charge in [-0.05, 0) is 118 Å². The van der Waals surface area contributed by atoms with Crippen molar-refractivity contribution in [2.45, 2.75) is 137 Å². The molecule has 2 N–H and O–H groups in total. The number of carbonyl (C=O) groups excluding carboxylic acids is 2. The number of ketones is 1. The number of fused-ring (bicyclic) bond motifs is 7. The zero-order valence-electron chi connectivity index (χ0n) is 28.5. The summed E-state index contributed by atoms with van der Waals surface area (Å²) in [6.07, 6.45) is 12.3. The van der Waals surface area contributed by atoms with E-state index in [2.05, 4.69) is 43.2 Å². The number of rotatable bonds is 8. The average molecular weight is 626 g/mol. The first kappa shape index (κ1) is 32.6. The second-order valence-electron chi connectivity index (χ2n) is 17.3. The van der Waals surface area contributed by atoms with Crippen molar-refractivity contribution in [2.24, 2.45) is 51.2 Å². The lowest BCUT2D eigenvalue weighted by atomic mass is 9.36. The molecule has 9 heteroatoms. The van der Waals surface area contributed by atoms with Crippen molar-refractivity contribution in [1.29, 1.82) is 0 Å². The fourth-order valence-electron chi connectivity index (χ4n) is 12.1. The molecular formula is C36H55N3O6. The van der Waals surface area contributed by atoms with Gasteiger partial charge in [-0.2, -0.15) is 0 Å². The van der Waals surface area contributed by atoms with E-state index in [1.54, 1.807) is 20.8 Å². The SMILES string of the molecule is Cc1nnc(C(=O)CNC23CCCC2C2CCC4C(C)(CCC5C(C)(C)C(OC(=O)CC(C)(C)C(=O)O)CCC54C)C2CC3)o1. The predicted octanol–water partition coefficient (Wildman–Crippen LogP) is 6.78. The van der Waals surface area contributed by atoms with E-state index in [1.807, 2.05) is 0 Å². The lowest BCUT2D eigenvalue weighted by Crippen LogP contribution is -2.65. The Morgan fingerprint density at radius 1 is 0.911 bits per heavy atom. The van der Waals surface area contributed by atoms with Crippen LogP contribution in [0.15, 0.2) is 4.42 Å². The highest BCUT2D eigenvalue weighted by atomic mass is 16.5. The van der Waals surface area contributed by atoms with Crippen LogP contribution in [-0.4, -0.2) is 51.2 Å². The molecule has 5 aliphatic rings. The highest BCUT2D eigenvalue weighted by molar-refractivity contribution is 5.93. The van der Waals surface area contributed by atoms with Crippen LogP contribution >= 0.6 is 0 Å². The molecule has 0 amide bonds. The van der Waals surface area contributed by atoms with E-state index < -0.39 is 17.4 Å². The molecule has 0 saturated heterocycles. The van der Waals surface area contributed by atoms with Crippen LogP contribution in [0, 0.1) is 58.2 Å². The summed E-state index contributed by atoms with van der Waals surface area (Å²) in [4.78, 5) is 37.5. The zero-order chi connectivity index (χ0) is 32.6. The normalized spacial score (nSPS) is 40.4. The first-order valence-corrected chi connectivity index (χ1v) is 17.5. The maximum atomic E-state index is 12.9. The number of nitrogens with zero attached hydrogens (tertiary/aromatic N) is 2. The van der Waals surface area contributed by atoms with Gasteiger partial charge in [-0.3, -0.25) is 14.4 Å². The maximum Gasteiger partial charge on any atom is 0.309 e. The summed E-state index contributed by atoms with van der Waals surface area (Å²) in [6.45, 7) is 14.9.